The Morgan fingerprint density at radius 1 is 0.947 bits per heavy atom. The second-order valence-electron chi connectivity index (χ2n) is 11.4. The molecule has 2 atom stereocenters. The fourth-order valence-corrected chi connectivity index (χ4v) is 3.85. The molecule has 0 heterocycles. The summed E-state index contributed by atoms with van der Waals surface area (Å²) in [5.41, 5.74) is 0.860. The van der Waals surface area contributed by atoms with E-state index in [0.717, 1.165) is 5.56 Å². The van der Waals surface area contributed by atoms with Crippen LogP contribution in [0.15, 0.2) is 48.5 Å². The number of ether oxygens (including phenoxy) is 1. The van der Waals surface area contributed by atoms with Gasteiger partial charge in [-0.3, -0.25) is 9.59 Å². The summed E-state index contributed by atoms with van der Waals surface area (Å²) in [6.45, 7) is 12.0. The summed E-state index contributed by atoms with van der Waals surface area (Å²) >= 11 is 0. The molecule has 0 aliphatic carbocycles. The molecular formula is C29H41N3O6. The average Bonchev–Trinajstić information content (AvgIpc) is 2.78. The van der Waals surface area contributed by atoms with E-state index in [2.05, 4.69) is 10.6 Å². The predicted molar refractivity (Wildman–Crippen MR) is 146 cm³/mol. The van der Waals surface area contributed by atoms with Gasteiger partial charge in [0.2, 0.25) is 11.8 Å². The number of carbonyl (C=O) groups excluding carboxylic acids is 3. The molecule has 2 unspecified atom stereocenters. The topological polar surface area (TPSA) is 128 Å². The molecule has 2 aromatic rings. The number of aryl methyl sites for hydroxylation is 1. The number of aliphatic hydroxyl groups excluding tert-OH is 1. The quantitative estimate of drug-likeness (QED) is 0.394. The molecule has 208 valence electrons. The number of rotatable bonds is 9. The van der Waals surface area contributed by atoms with Gasteiger partial charge in [0.1, 0.15) is 23.4 Å². The number of aliphatic hydroxyl groups is 1. The lowest BCUT2D eigenvalue weighted by molar-refractivity contribution is -0.143. The Bertz CT molecular complexity index is 1090. The number of phenolic OH excluding ortho intramolecular Hbond substituents is 1. The first kappa shape index (κ1) is 30.6. The number of aromatic hydroxyl groups is 1. The summed E-state index contributed by atoms with van der Waals surface area (Å²) < 4.78 is 5.40. The van der Waals surface area contributed by atoms with Crippen molar-refractivity contribution < 1.29 is 29.3 Å². The first-order valence-corrected chi connectivity index (χ1v) is 12.7. The summed E-state index contributed by atoms with van der Waals surface area (Å²) in [6, 6.07) is 11.3. The summed E-state index contributed by atoms with van der Waals surface area (Å²) in [4.78, 5) is 41.6. The molecule has 3 amide bonds. The Hall–Kier alpha value is -3.59. The molecule has 0 fully saturated rings. The number of alkyl carbamates (subject to hydrolysis) is 1. The van der Waals surface area contributed by atoms with Crippen LogP contribution in [0.3, 0.4) is 0 Å². The highest BCUT2D eigenvalue weighted by atomic mass is 16.6. The lowest BCUT2D eigenvalue weighted by Crippen LogP contribution is -2.55. The summed E-state index contributed by atoms with van der Waals surface area (Å²) in [7, 11) is 0. The van der Waals surface area contributed by atoms with Crippen molar-refractivity contribution >= 4 is 17.9 Å². The van der Waals surface area contributed by atoms with Crippen LogP contribution in [0.1, 0.15) is 64.3 Å². The van der Waals surface area contributed by atoms with Gasteiger partial charge in [-0.25, -0.2) is 4.79 Å². The molecule has 0 spiro atoms. The van der Waals surface area contributed by atoms with E-state index in [9.17, 15) is 24.6 Å². The highest BCUT2D eigenvalue weighted by Crippen LogP contribution is 2.25. The molecule has 4 N–H and O–H groups in total. The van der Waals surface area contributed by atoms with Gasteiger partial charge in [0, 0.05) is 18.5 Å². The maximum absolute atomic E-state index is 14.1. The van der Waals surface area contributed by atoms with Crippen molar-refractivity contribution in [2.75, 3.05) is 13.2 Å². The molecule has 9 nitrogen and oxygen atoms in total. The van der Waals surface area contributed by atoms with E-state index in [4.69, 9.17) is 4.74 Å². The minimum atomic E-state index is -1.11. The van der Waals surface area contributed by atoms with Crippen molar-refractivity contribution in [3.63, 3.8) is 0 Å². The zero-order chi connectivity index (χ0) is 28.7. The van der Waals surface area contributed by atoms with Gasteiger partial charge in [0.15, 0.2) is 0 Å². The molecule has 0 aromatic heterocycles. The van der Waals surface area contributed by atoms with Gasteiger partial charge in [0.25, 0.3) is 0 Å². The second-order valence-corrected chi connectivity index (χ2v) is 11.4. The lowest BCUT2D eigenvalue weighted by atomic mass is 9.98. The maximum Gasteiger partial charge on any atom is 0.408 e. The summed E-state index contributed by atoms with van der Waals surface area (Å²) in [5, 5.41) is 25.2. The molecule has 38 heavy (non-hydrogen) atoms. The molecule has 0 aliphatic heterocycles. The van der Waals surface area contributed by atoms with E-state index in [1.54, 1.807) is 45.0 Å². The van der Waals surface area contributed by atoms with E-state index >= 15 is 0 Å². The second kappa shape index (κ2) is 12.8. The Kier molecular flexibility index (Phi) is 10.3. The van der Waals surface area contributed by atoms with Crippen molar-refractivity contribution in [3.8, 4) is 5.75 Å². The normalized spacial score (nSPS) is 13.3. The monoisotopic (exact) mass is 527 g/mol. The highest BCUT2D eigenvalue weighted by molar-refractivity contribution is 5.92. The van der Waals surface area contributed by atoms with Crippen LogP contribution in [0, 0.1) is 6.92 Å². The number of nitrogens with zero attached hydrogens (tertiary/aromatic N) is 1. The van der Waals surface area contributed by atoms with Crippen LogP contribution in [0.5, 0.6) is 5.75 Å². The van der Waals surface area contributed by atoms with Crippen molar-refractivity contribution in [2.45, 2.75) is 78.1 Å². The summed E-state index contributed by atoms with van der Waals surface area (Å²) in [5.74, 6) is -0.909. The van der Waals surface area contributed by atoms with Crippen molar-refractivity contribution in [2.24, 2.45) is 0 Å². The molecule has 2 aromatic carbocycles. The zero-order valence-electron chi connectivity index (χ0n) is 23.4. The van der Waals surface area contributed by atoms with Gasteiger partial charge < -0.3 is 30.5 Å². The molecule has 0 aliphatic rings. The van der Waals surface area contributed by atoms with E-state index in [1.807, 2.05) is 39.8 Å². The van der Waals surface area contributed by atoms with Crippen molar-refractivity contribution in [3.05, 3.63) is 65.2 Å². The Labute approximate surface area is 225 Å². The first-order chi connectivity index (χ1) is 17.6. The van der Waals surface area contributed by atoms with Gasteiger partial charge in [-0.2, -0.15) is 0 Å². The number of carbonyl (C=O) groups is 3. The number of hydrogen-bond acceptors (Lipinski definition) is 6. The number of nitrogens with one attached hydrogen (secondary N) is 2. The van der Waals surface area contributed by atoms with E-state index < -0.39 is 47.7 Å². The van der Waals surface area contributed by atoms with Crippen LogP contribution in [0.4, 0.5) is 4.79 Å². The molecular weight excluding hydrogens is 486 g/mol. The third-order valence-corrected chi connectivity index (χ3v) is 5.44. The van der Waals surface area contributed by atoms with E-state index in [0.29, 0.717) is 11.1 Å². The summed E-state index contributed by atoms with van der Waals surface area (Å²) in [6.07, 6.45) is -0.716. The van der Waals surface area contributed by atoms with Crippen molar-refractivity contribution in [1.82, 2.24) is 15.5 Å². The van der Waals surface area contributed by atoms with Gasteiger partial charge in [-0.15, -0.1) is 0 Å². The van der Waals surface area contributed by atoms with Gasteiger partial charge in [-0.05, 0) is 71.7 Å². The smallest absolute Gasteiger partial charge is 0.408 e. The fraction of sp³-hybridized carbons (Fsp3) is 0.483. The maximum atomic E-state index is 14.1. The van der Waals surface area contributed by atoms with Crippen LogP contribution in [-0.4, -0.2) is 63.4 Å². The van der Waals surface area contributed by atoms with Gasteiger partial charge in [0.05, 0.1) is 6.61 Å². The molecule has 2 rings (SSSR count). The molecule has 0 bridgehead atoms. The number of benzene rings is 2. The standard InChI is InChI=1S/C29H41N3O6/c1-19-8-12-21(13-9-19)24(25(35)31-28(2,3)4)32(16-17-33)26(36)23(30-27(37)38-29(5,6)7)18-20-10-14-22(34)15-11-20/h8-15,23-24,33-34H,16-18H2,1-7H3,(H,30,37)(H,31,35). The zero-order valence-corrected chi connectivity index (χ0v) is 23.4. The first-order valence-electron chi connectivity index (χ1n) is 12.7. The lowest BCUT2D eigenvalue weighted by Gasteiger charge is -2.35. The molecule has 0 radical (unpaired) electrons. The Morgan fingerprint density at radius 2 is 1.53 bits per heavy atom. The van der Waals surface area contributed by atoms with Crippen LogP contribution >= 0.6 is 0 Å². The van der Waals surface area contributed by atoms with Gasteiger partial charge >= 0.3 is 6.09 Å². The Balaban J connectivity index is 2.53. The van der Waals surface area contributed by atoms with Gasteiger partial charge in [-0.1, -0.05) is 42.0 Å². The molecule has 9 heteroatoms. The largest absolute Gasteiger partial charge is 0.508 e. The third-order valence-electron chi connectivity index (χ3n) is 5.44. The third kappa shape index (κ3) is 9.70. The van der Waals surface area contributed by atoms with Crippen LogP contribution < -0.4 is 10.6 Å². The fourth-order valence-electron chi connectivity index (χ4n) is 3.85. The van der Waals surface area contributed by atoms with Crippen LogP contribution in [0.2, 0.25) is 0 Å². The average molecular weight is 528 g/mol. The highest BCUT2D eigenvalue weighted by Gasteiger charge is 2.37. The van der Waals surface area contributed by atoms with Crippen LogP contribution in [-0.2, 0) is 20.7 Å². The van der Waals surface area contributed by atoms with Crippen molar-refractivity contribution in [1.29, 1.82) is 0 Å². The van der Waals surface area contributed by atoms with E-state index in [-0.39, 0.29) is 18.7 Å². The molecule has 0 saturated heterocycles. The van der Waals surface area contributed by atoms with Crippen LogP contribution in [0.25, 0.3) is 0 Å². The minimum absolute atomic E-state index is 0.0666. The number of phenols is 1. The number of amides is 3. The minimum Gasteiger partial charge on any atom is -0.508 e. The SMILES string of the molecule is Cc1ccc(C(C(=O)NC(C)(C)C)N(CCO)C(=O)C(Cc2ccc(O)cc2)NC(=O)OC(C)(C)C)cc1. The van der Waals surface area contributed by atoms with E-state index in [1.165, 1.54) is 17.0 Å². The molecule has 0 saturated carbocycles. The predicted octanol–water partition coefficient (Wildman–Crippen LogP) is 3.61. The number of hydrogen-bond donors (Lipinski definition) is 4. The Morgan fingerprint density at radius 3 is 2.03 bits per heavy atom.